The highest BCUT2D eigenvalue weighted by molar-refractivity contribution is 5.83. The zero-order chi connectivity index (χ0) is 14.3. The van der Waals surface area contributed by atoms with E-state index < -0.39 is 0 Å². The van der Waals surface area contributed by atoms with E-state index >= 15 is 0 Å². The molecular formula is C13H25N3O3. The van der Waals surface area contributed by atoms with Crippen molar-refractivity contribution in [2.24, 2.45) is 16.8 Å². The van der Waals surface area contributed by atoms with Gasteiger partial charge in [-0.3, -0.25) is 4.79 Å². The van der Waals surface area contributed by atoms with Crippen molar-refractivity contribution in [2.45, 2.75) is 45.6 Å². The van der Waals surface area contributed by atoms with Crippen molar-refractivity contribution in [3.05, 3.63) is 0 Å². The van der Waals surface area contributed by atoms with Gasteiger partial charge in [-0.15, -0.1) is 0 Å². The van der Waals surface area contributed by atoms with Gasteiger partial charge < -0.3 is 20.6 Å². The maximum atomic E-state index is 12.4. The van der Waals surface area contributed by atoms with Gasteiger partial charge in [-0.25, -0.2) is 0 Å². The largest absolute Gasteiger partial charge is 0.409 e. The van der Waals surface area contributed by atoms with Crippen LogP contribution < -0.4 is 5.73 Å². The maximum absolute atomic E-state index is 12.4. The molecule has 0 spiro atoms. The van der Waals surface area contributed by atoms with Crippen LogP contribution in [0, 0.1) is 5.92 Å². The number of rotatable bonds is 6. The van der Waals surface area contributed by atoms with Crippen LogP contribution in [0.5, 0.6) is 0 Å². The fourth-order valence-corrected chi connectivity index (χ4v) is 2.17. The minimum Gasteiger partial charge on any atom is -0.409 e. The first-order valence-corrected chi connectivity index (χ1v) is 6.91. The highest BCUT2D eigenvalue weighted by Gasteiger charge is 2.27. The van der Waals surface area contributed by atoms with Crippen LogP contribution in [-0.4, -0.2) is 47.7 Å². The molecule has 1 heterocycles. The number of amides is 1. The van der Waals surface area contributed by atoms with E-state index in [-0.39, 0.29) is 17.8 Å². The summed E-state index contributed by atoms with van der Waals surface area (Å²) in [4.78, 5) is 14.2. The Labute approximate surface area is 114 Å². The number of oxime groups is 1. The summed E-state index contributed by atoms with van der Waals surface area (Å²) < 4.78 is 5.53. The minimum atomic E-state index is -0.320. The summed E-state index contributed by atoms with van der Waals surface area (Å²) in [6.45, 7) is 5.91. The molecule has 19 heavy (non-hydrogen) atoms. The second-order valence-corrected chi connectivity index (χ2v) is 5.37. The topological polar surface area (TPSA) is 88.1 Å². The molecule has 0 bridgehead atoms. The molecule has 1 aliphatic heterocycles. The average Bonchev–Trinajstić information content (AvgIpc) is 2.42. The minimum absolute atomic E-state index is 0.0270. The van der Waals surface area contributed by atoms with Crippen LogP contribution in [0.15, 0.2) is 5.16 Å². The number of nitrogens with two attached hydrogens (primary N) is 1. The molecule has 1 amide bonds. The Hall–Kier alpha value is -1.30. The summed E-state index contributed by atoms with van der Waals surface area (Å²) >= 11 is 0. The van der Waals surface area contributed by atoms with Crippen molar-refractivity contribution < 1.29 is 14.7 Å². The molecule has 1 fully saturated rings. The summed E-state index contributed by atoms with van der Waals surface area (Å²) in [7, 11) is 0. The van der Waals surface area contributed by atoms with Crippen LogP contribution in [0.2, 0.25) is 0 Å². The Balaban J connectivity index is 2.58. The van der Waals surface area contributed by atoms with Gasteiger partial charge in [0.15, 0.2) is 0 Å². The van der Waals surface area contributed by atoms with E-state index in [1.54, 1.807) is 4.90 Å². The second kappa shape index (κ2) is 7.99. The van der Waals surface area contributed by atoms with E-state index in [9.17, 15) is 4.79 Å². The van der Waals surface area contributed by atoms with E-state index in [0.717, 1.165) is 19.3 Å². The predicted octanol–water partition coefficient (Wildman–Crippen LogP) is 1.18. The van der Waals surface area contributed by atoms with Crippen LogP contribution in [0.4, 0.5) is 0 Å². The summed E-state index contributed by atoms with van der Waals surface area (Å²) in [5.41, 5.74) is 5.46. The number of hydrogen-bond acceptors (Lipinski definition) is 4. The van der Waals surface area contributed by atoms with Gasteiger partial charge in [-0.1, -0.05) is 19.0 Å². The van der Waals surface area contributed by atoms with Crippen molar-refractivity contribution in [2.75, 3.05) is 19.7 Å². The molecule has 1 unspecified atom stereocenters. The van der Waals surface area contributed by atoms with Crippen LogP contribution in [0.3, 0.4) is 0 Å². The lowest BCUT2D eigenvalue weighted by atomic mass is 10.1. The fourth-order valence-electron chi connectivity index (χ4n) is 2.17. The Morgan fingerprint density at radius 2 is 2.26 bits per heavy atom. The molecule has 1 aliphatic rings. The van der Waals surface area contributed by atoms with Crippen molar-refractivity contribution >= 4 is 11.7 Å². The molecule has 110 valence electrons. The van der Waals surface area contributed by atoms with Gasteiger partial charge in [0.1, 0.15) is 11.9 Å². The summed E-state index contributed by atoms with van der Waals surface area (Å²) in [5, 5.41) is 11.5. The van der Waals surface area contributed by atoms with Gasteiger partial charge in [0.25, 0.3) is 5.91 Å². The Bertz CT molecular complexity index is 312. The number of carbonyl (C=O) groups excluding carboxylic acids is 1. The number of nitrogens with zero attached hydrogens (tertiary/aromatic N) is 2. The number of ether oxygens (including phenoxy) is 1. The molecule has 0 aliphatic carbocycles. The highest BCUT2D eigenvalue weighted by Crippen LogP contribution is 2.16. The zero-order valence-electron chi connectivity index (χ0n) is 11.8. The van der Waals surface area contributed by atoms with Crippen molar-refractivity contribution in [3.8, 4) is 0 Å². The normalized spacial score (nSPS) is 20.6. The third kappa shape index (κ3) is 5.46. The summed E-state index contributed by atoms with van der Waals surface area (Å²) in [5.74, 6) is 0.546. The maximum Gasteiger partial charge on any atom is 0.251 e. The molecular weight excluding hydrogens is 246 g/mol. The van der Waals surface area contributed by atoms with Gasteiger partial charge in [0, 0.05) is 26.1 Å². The van der Waals surface area contributed by atoms with Gasteiger partial charge in [-0.05, 0) is 25.2 Å². The quantitative estimate of drug-likeness (QED) is 0.328. The third-order valence-corrected chi connectivity index (χ3v) is 3.12. The van der Waals surface area contributed by atoms with Crippen molar-refractivity contribution in [1.82, 2.24) is 4.90 Å². The summed E-state index contributed by atoms with van der Waals surface area (Å²) in [6, 6.07) is 0. The number of carbonyl (C=O) groups is 1. The number of amidine groups is 1. The van der Waals surface area contributed by atoms with Gasteiger partial charge >= 0.3 is 0 Å². The van der Waals surface area contributed by atoms with E-state index in [1.165, 1.54) is 0 Å². The standard InChI is InChI=1S/C13H25N3O3/c1-10(2)9-16(7-6-12(14)15-18)13(17)11-5-3-4-8-19-11/h10-11,18H,3-9H2,1-2H3,(H2,14,15). The lowest BCUT2D eigenvalue weighted by Gasteiger charge is -2.30. The first-order valence-electron chi connectivity index (χ1n) is 6.91. The van der Waals surface area contributed by atoms with Gasteiger partial charge in [-0.2, -0.15) is 0 Å². The predicted molar refractivity (Wildman–Crippen MR) is 73.0 cm³/mol. The summed E-state index contributed by atoms with van der Waals surface area (Å²) in [6.07, 6.45) is 2.91. The van der Waals surface area contributed by atoms with E-state index in [2.05, 4.69) is 19.0 Å². The molecule has 6 nitrogen and oxygen atoms in total. The monoisotopic (exact) mass is 271 g/mol. The average molecular weight is 271 g/mol. The lowest BCUT2D eigenvalue weighted by molar-refractivity contribution is -0.147. The van der Waals surface area contributed by atoms with Gasteiger partial charge in [0.05, 0.1) is 0 Å². The fraction of sp³-hybridized carbons (Fsp3) is 0.846. The third-order valence-electron chi connectivity index (χ3n) is 3.12. The molecule has 0 aromatic rings. The van der Waals surface area contributed by atoms with E-state index in [1.807, 2.05) is 0 Å². The molecule has 0 aromatic heterocycles. The smallest absolute Gasteiger partial charge is 0.251 e. The second-order valence-electron chi connectivity index (χ2n) is 5.37. The van der Waals surface area contributed by atoms with Crippen LogP contribution in [0.25, 0.3) is 0 Å². The molecule has 1 rings (SSSR count). The molecule has 0 radical (unpaired) electrons. The molecule has 3 N–H and O–H groups in total. The Morgan fingerprint density at radius 1 is 1.53 bits per heavy atom. The SMILES string of the molecule is CC(C)CN(CCC(N)=NO)C(=O)C1CCCCO1. The zero-order valence-corrected chi connectivity index (χ0v) is 11.8. The first-order chi connectivity index (χ1) is 9.04. The van der Waals surface area contributed by atoms with Crippen LogP contribution in [0.1, 0.15) is 39.5 Å². The molecule has 0 saturated carbocycles. The highest BCUT2D eigenvalue weighted by atomic mass is 16.5. The van der Waals surface area contributed by atoms with Gasteiger partial charge in [0.2, 0.25) is 0 Å². The molecule has 1 saturated heterocycles. The lowest BCUT2D eigenvalue weighted by Crippen LogP contribution is -2.44. The molecule has 6 heteroatoms. The first kappa shape index (κ1) is 15.8. The molecule has 1 atom stereocenters. The van der Waals surface area contributed by atoms with Crippen LogP contribution >= 0.6 is 0 Å². The van der Waals surface area contributed by atoms with E-state index in [4.69, 9.17) is 15.7 Å². The Kier molecular flexibility index (Phi) is 6.62. The number of hydrogen-bond donors (Lipinski definition) is 2. The van der Waals surface area contributed by atoms with Crippen molar-refractivity contribution in [3.63, 3.8) is 0 Å². The molecule has 0 aromatic carbocycles. The Morgan fingerprint density at radius 3 is 2.79 bits per heavy atom. The van der Waals surface area contributed by atoms with E-state index in [0.29, 0.717) is 32.0 Å². The van der Waals surface area contributed by atoms with Crippen molar-refractivity contribution in [1.29, 1.82) is 0 Å². The van der Waals surface area contributed by atoms with Crippen LogP contribution in [-0.2, 0) is 9.53 Å².